The summed E-state index contributed by atoms with van der Waals surface area (Å²) in [6, 6.07) is 0. The standard InChI is InChI=1S/C12H18BrN3/c1-3-14-12-10(13)11(15-8(2)16-12)9-6-4-5-7-9/h9H,3-7H2,1-2H3,(H,14,15,16). The molecule has 2 rings (SSSR count). The van der Waals surface area contributed by atoms with Gasteiger partial charge in [0.25, 0.3) is 0 Å². The third-order valence-corrected chi connectivity index (χ3v) is 3.86. The van der Waals surface area contributed by atoms with Gasteiger partial charge in [0.05, 0.1) is 10.2 Å². The molecule has 88 valence electrons. The fraction of sp³-hybridized carbons (Fsp3) is 0.667. The normalized spacial score (nSPS) is 16.7. The first-order chi connectivity index (χ1) is 7.72. The van der Waals surface area contributed by atoms with Crippen LogP contribution in [0.2, 0.25) is 0 Å². The Bertz CT molecular complexity index is 373. The summed E-state index contributed by atoms with van der Waals surface area (Å²) < 4.78 is 1.06. The molecule has 0 amide bonds. The minimum absolute atomic E-state index is 0.619. The Hall–Kier alpha value is -0.640. The first-order valence-corrected chi connectivity index (χ1v) is 6.79. The van der Waals surface area contributed by atoms with Crippen molar-refractivity contribution in [2.45, 2.75) is 45.4 Å². The Labute approximate surface area is 105 Å². The van der Waals surface area contributed by atoms with Gasteiger partial charge in [-0.3, -0.25) is 0 Å². The number of aromatic nitrogens is 2. The van der Waals surface area contributed by atoms with Gasteiger partial charge in [-0.05, 0) is 42.6 Å². The number of aryl methyl sites for hydroxylation is 1. The number of rotatable bonds is 3. The third-order valence-electron chi connectivity index (χ3n) is 3.07. The van der Waals surface area contributed by atoms with Crippen LogP contribution in [-0.2, 0) is 0 Å². The van der Waals surface area contributed by atoms with Crippen molar-refractivity contribution in [2.24, 2.45) is 0 Å². The summed E-state index contributed by atoms with van der Waals surface area (Å²) in [7, 11) is 0. The number of nitrogens with one attached hydrogen (secondary N) is 1. The number of hydrogen-bond acceptors (Lipinski definition) is 3. The van der Waals surface area contributed by atoms with E-state index in [0.29, 0.717) is 5.92 Å². The molecule has 0 unspecified atom stereocenters. The Morgan fingerprint density at radius 2 is 2.00 bits per heavy atom. The van der Waals surface area contributed by atoms with Crippen LogP contribution in [0.5, 0.6) is 0 Å². The van der Waals surface area contributed by atoms with Gasteiger partial charge in [-0.25, -0.2) is 9.97 Å². The van der Waals surface area contributed by atoms with Gasteiger partial charge < -0.3 is 5.32 Å². The fourth-order valence-electron chi connectivity index (χ4n) is 2.33. The van der Waals surface area contributed by atoms with Gasteiger partial charge in [0.15, 0.2) is 0 Å². The van der Waals surface area contributed by atoms with Crippen molar-refractivity contribution in [3.05, 3.63) is 16.0 Å². The molecule has 4 heteroatoms. The Morgan fingerprint density at radius 3 is 2.62 bits per heavy atom. The molecule has 1 aliphatic carbocycles. The van der Waals surface area contributed by atoms with Crippen LogP contribution in [0.15, 0.2) is 4.47 Å². The lowest BCUT2D eigenvalue weighted by Gasteiger charge is -2.14. The minimum Gasteiger partial charge on any atom is -0.369 e. The zero-order valence-electron chi connectivity index (χ0n) is 9.89. The molecule has 0 radical (unpaired) electrons. The van der Waals surface area contributed by atoms with Crippen molar-refractivity contribution in [3.8, 4) is 0 Å². The predicted octanol–water partition coefficient (Wildman–Crippen LogP) is 3.64. The first-order valence-electron chi connectivity index (χ1n) is 6.00. The maximum Gasteiger partial charge on any atom is 0.144 e. The molecular weight excluding hydrogens is 266 g/mol. The van der Waals surface area contributed by atoms with E-state index in [1.807, 2.05) is 6.92 Å². The highest BCUT2D eigenvalue weighted by atomic mass is 79.9. The van der Waals surface area contributed by atoms with E-state index in [1.54, 1.807) is 0 Å². The van der Waals surface area contributed by atoms with Gasteiger partial charge in [0.2, 0.25) is 0 Å². The van der Waals surface area contributed by atoms with Crippen LogP contribution in [0.4, 0.5) is 5.82 Å². The highest BCUT2D eigenvalue weighted by Crippen LogP contribution is 2.38. The maximum absolute atomic E-state index is 4.60. The van der Waals surface area contributed by atoms with Crippen molar-refractivity contribution < 1.29 is 0 Å². The summed E-state index contributed by atoms with van der Waals surface area (Å²) in [5, 5.41) is 3.28. The number of nitrogens with zero attached hydrogens (tertiary/aromatic N) is 2. The molecule has 16 heavy (non-hydrogen) atoms. The van der Waals surface area contributed by atoms with Gasteiger partial charge in [-0.15, -0.1) is 0 Å². The van der Waals surface area contributed by atoms with E-state index in [9.17, 15) is 0 Å². The average molecular weight is 284 g/mol. The smallest absolute Gasteiger partial charge is 0.144 e. The topological polar surface area (TPSA) is 37.8 Å². The van der Waals surface area contributed by atoms with Crippen LogP contribution in [0, 0.1) is 6.92 Å². The van der Waals surface area contributed by atoms with E-state index in [0.717, 1.165) is 22.7 Å². The van der Waals surface area contributed by atoms with Crippen LogP contribution >= 0.6 is 15.9 Å². The molecule has 0 aliphatic heterocycles. The zero-order valence-corrected chi connectivity index (χ0v) is 11.5. The Kier molecular flexibility index (Phi) is 3.79. The molecule has 1 aromatic heterocycles. The number of hydrogen-bond donors (Lipinski definition) is 1. The summed E-state index contributed by atoms with van der Waals surface area (Å²) >= 11 is 3.64. The van der Waals surface area contributed by atoms with Crippen molar-refractivity contribution in [1.29, 1.82) is 0 Å². The molecule has 1 aromatic rings. The van der Waals surface area contributed by atoms with E-state index in [2.05, 4.69) is 38.1 Å². The lowest BCUT2D eigenvalue weighted by atomic mass is 10.0. The van der Waals surface area contributed by atoms with E-state index >= 15 is 0 Å². The minimum atomic E-state index is 0.619. The van der Waals surface area contributed by atoms with E-state index in [1.165, 1.54) is 31.4 Å². The average Bonchev–Trinajstić information content (AvgIpc) is 2.76. The molecule has 0 saturated heterocycles. The van der Waals surface area contributed by atoms with Crippen molar-refractivity contribution in [1.82, 2.24) is 9.97 Å². The van der Waals surface area contributed by atoms with E-state index < -0.39 is 0 Å². The lowest BCUT2D eigenvalue weighted by molar-refractivity contribution is 0.684. The van der Waals surface area contributed by atoms with Crippen molar-refractivity contribution in [3.63, 3.8) is 0 Å². The third kappa shape index (κ3) is 2.37. The molecule has 0 spiro atoms. The first kappa shape index (κ1) is 11.8. The molecular formula is C12H18BrN3. The van der Waals surface area contributed by atoms with Crippen LogP contribution in [0.25, 0.3) is 0 Å². The Balaban J connectivity index is 2.35. The number of halogens is 1. The monoisotopic (exact) mass is 283 g/mol. The predicted molar refractivity (Wildman–Crippen MR) is 69.8 cm³/mol. The molecule has 1 saturated carbocycles. The zero-order chi connectivity index (χ0) is 11.5. The van der Waals surface area contributed by atoms with E-state index in [-0.39, 0.29) is 0 Å². The number of anilines is 1. The van der Waals surface area contributed by atoms with Crippen LogP contribution in [0.3, 0.4) is 0 Å². The van der Waals surface area contributed by atoms with Crippen LogP contribution in [-0.4, -0.2) is 16.5 Å². The quantitative estimate of drug-likeness (QED) is 0.920. The molecule has 1 aliphatic rings. The summed E-state index contributed by atoms with van der Waals surface area (Å²) in [6.07, 6.45) is 5.19. The van der Waals surface area contributed by atoms with Crippen molar-refractivity contribution >= 4 is 21.7 Å². The highest BCUT2D eigenvalue weighted by molar-refractivity contribution is 9.10. The summed E-state index contributed by atoms with van der Waals surface area (Å²) in [5.74, 6) is 2.42. The second-order valence-corrected chi connectivity index (χ2v) is 5.12. The van der Waals surface area contributed by atoms with Gasteiger partial charge >= 0.3 is 0 Å². The molecule has 1 N–H and O–H groups in total. The summed E-state index contributed by atoms with van der Waals surface area (Å²) in [5.41, 5.74) is 1.20. The maximum atomic E-state index is 4.60. The molecule has 1 fully saturated rings. The summed E-state index contributed by atoms with van der Waals surface area (Å²) in [4.78, 5) is 9.03. The second kappa shape index (κ2) is 5.13. The Morgan fingerprint density at radius 1 is 1.31 bits per heavy atom. The molecule has 0 aromatic carbocycles. The molecule has 0 atom stereocenters. The highest BCUT2D eigenvalue weighted by Gasteiger charge is 2.23. The van der Waals surface area contributed by atoms with Gasteiger partial charge in [-0.1, -0.05) is 12.8 Å². The second-order valence-electron chi connectivity index (χ2n) is 4.33. The van der Waals surface area contributed by atoms with Crippen LogP contribution < -0.4 is 5.32 Å². The van der Waals surface area contributed by atoms with Gasteiger partial charge in [0.1, 0.15) is 11.6 Å². The van der Waals surface area contributed by atoms with Gasteiger partial charge in [0, 0.05) is 12.5 Å². The lowest BCUT2D eigenvalue weighted by Crippen LogP contribution is -2.08. The molecule has 1 heterocycles. The largest absolute Gasteiger partial charge is 0.369 e. The molecule has 0 bridgehead atoms. The van der Waals surface area contributed by atoms with E-state index in [4.69, 9.17) is 0 Å². The summed E-state index contributed by atoms with van der Waals surface area (Å²) in [6.45, 7) is 4.93. The molecule has 3 nitrogen and oxygen atoms in total. The van der Waals surface area contributed by atoms with Crippen molar-refractivity contribution in [2.75, 3.05) is 11.9 Å². The van der Waals surface area contributed by atoms with Gasteiger partial charge in [-0.2, -0.15) is 0 Å². The van der Waals surface area contributed by atoms with Crippen LogP contribution in [0.1, 0.15) is 50.0 Å². The fourth-order valence-corrected chi connectivity index (χ4v) is 2.98. The SMILES string of the molecule is CCNc1nc(C)nc(C2CCCC2)c1Br.